The van der Waals surface area contributed by atoms with E-state index in [1.165, 1.54) is 29.6 Å². The maximum atomic E-state index is 12.1. The molecule has 0 heterocycles. The number of hydrogen-bond donors (Lipinski definition) is 0. The summed E-state index contributed by atoms with van der Waals surface area (Å²) in [6.07, 6.45) is 0. The minimum Gasteiger partial charge on any atom is -0.207 e. The van der Waals surface area contributed by atoms with Crippen LogP contribution in [0, 0.1) is 18.3 Å². The van der Waals surface area contributed by atoms with Crippen LogP contribution in [0.4, 0.5) is 0 Å². The van der Waals surface area contributed by atoms with Crippen LogP contribution in [0.15, 0.2) is 23.1 Å². The fraction of sp³-hybridized carbons (Fsp3) is 0.364. The lowest BCUT2D eigenvalue weighted by Crippen LogP contribution is -2.28. The van der Waals surface area contributed by atoms with Crippen LogP contribution in [0.2, 0.25) is 0 Å². The summed E-state index contributed by atoms with van der Waals surface area (Å²) in [7, 11) is -1.92. The second-order valence-electron chi connectivity index (χ2n) is 3.60. The summed E-state index contributed by atoms with van der Waals surface area (Å²) in [6, 6.07) is 6.53. The van der Waals surface area contributed by atoms with E-state index in [1.807, 2.05) is 6.07 Å². The van der Waals surface area contributed by atoms with Crippen molar-refractivity contribution < 1.29 is 8.42 Å². The van der Waals surface area contributed by atoms with Crippen LogP contribution in [0.1, 0.15) is 11.1 Å². The Morgan fingerprint density at radius 1 is 1.47 bits per heavy atom. The minimum atomic E-state index is -3.45. The smallest absolute Gasteiger partial charge is 0.207 e. The molecule has 0 saturated carbocycles. The van der Waals surface area contributed by atoms with E-state index >= 15 is 0 Å². The van der Waals surface area contributed by atoms with Gasteiger partial charge in [-0.15, -0.1) is 0 Å². The highest BCUT2D eigenvalue weighted by molar-refractivity contribution is 9.09. The number of hydrogen-bond acceptors (Lipinski definition) is 3. The Kier molecular flexibility index (Phi) is 4.69. The Morgan fingerprint density at radius 2 is 2.12 bits per heavy atom. The van der Waals surface area contributed by atoms with E-state index in [0.717, 1.165) is 0 Å². The van der Waals surface area contributed by atoms with Crippen molar-refractivity contribution in [2.45, 2.75) is 11.8 Å². The average Bonchev–Trinajstić information content (AvgIpc) is 2.29. The standard InChI is InChI=1S/C11H13BrN2O2S/c1-9-7-11(4-3-10(9)8-13)17(15,16)14(2)6-5-12/h3-4,7H,5-6H2,1-2H3. The molecule has 1 rings (SSSR count). The first-order valence-electron chi connectivity index (χ1n) is 4.96. The molecule has 1 aromatic rings. The molecule has 0 aromatic heterocycles. The summed E-state index contributed by atoms with van der Waals surface area (Å²) in [5, 5.41) is 9.37. The van der Waals surface area contributed by atoms with Gasteiger partial charge in [0.2, 0.25) is 10.0 Å². The molecule has 0 bridgehead atoms. The first kappa shape index (κ1) is 14.2. The Hall–Kier alpha value is -0.900. The molecular weight excluding hydrogens is 304 g/mol. The van der Waals surface area contributed by atoms with Gasteiger partial charge in [-0.25, -0.2) is 12.7 Å². The lowest BCUT2D eigenvalue weighted by Gasteiger charge is -2.16. The largest absolute Gasteiger partial charge is 0.242 e. The normalized spacial score (nSPS) is 11.5. The summed E-state index contributed by atoms with van der Waals surface area (Å²) < 4.78 is 25.5. The Labute approximate surface area is 110 Å². The van der Waals surface area contributed by atoms with Gasteiger partial charge in [0, 0.05) is 18.9 Å². The summed E-state index contributed by atoms with van der Waals surface area (Å²) in [4.78, 5) is 0.220. The van der Waals surface area contributed by atoms with E-state index in [-0.39, 0.29) is 4.90 Å². The molecule has 0 radical (unpaired) electrons. The third-order valence-electron chi connectivity index (χ3n) is 2.43. The van der Waals surface area contributed by atoms with E-state index in [1.54, 1.807) is 6.92 Å². The molecule has 0 N–H and O–H groups in total. The number of halogens is 1. The lowest BCUT2D eigenvalue weighted by molar-refractivity contribution is 0.489. The molecule has 92 valence electrons. The molecule has 6 heteroatoms. The third kappa shape index (κ3) is 3.06. The molecule has 1 aromatic carbocycles. The number of aryl methyl sites for hydroxylation is 1. The zero-order valence-corrected chi connectivity index (χ0v) is 12.0. The molecule has 0 unspecified atom stereocenters. The van der Waals surface area contributed by atoms with Gasteiger partial charge in [-0.1, -0.05) is 15.9 Å². The van der Waals surface area contributed by atoms with E-state index in [9.17, 15) is 8.42 Å². The third-order valence-corrected chi connectivity index (χ3v) is 4.63. The van der Waals surface area contributed by atoms with Crippen molar-refractivity contribution in [1.29, 1.82) is 5.26 Å². The fourth-order valence-electron chi connectivity index (χ4n) is 1.34. The number of nitriles is 1. The summed E-state index contributed by atoms with van der Waals surface area (Å²) in [6.45, 7) is 2.13. The molecule has 0 amide bonds. The average molecular weight is 317 g/mol. The number of benzene rings is 1. The van der Waals surface area contributed by atoms with Gasteiger partial charge in [0.05, 0.1) is 16.5 Å². The highest BCUT2D eigenvalue weighted by atomic mass is 79.9. The molecular formula is C11H13BrN2O2S. The zero-order chi connectivity index (χ0) is 13.1. The van der Waals surface area contributed by atoms with Crippen LogP contribution in [0.3, 0.4) is 0 Å². The van der Waals surface area contributed by atoms with Crippen LogP contribution in [0.5, 0.6) is 0 Å². The predicted molar refractivity (Wildman–Crippen MR) is 69.5 cm³/mol. The van der Waals surface area contributed by atoms with Gasteiger partial charge < -0.3 is 0 Å². The molecule has 0 aliphatic carbocycles. The summed E-state index contributed by atoms with van der Waals surface area (Å²) >= 11 is 3.20. The van der Waals surface area contributed by atoms with Gasteiger partial charge in [-0.05, 0) is 30.7 Å². The molecule has 0 spiro atoms. The van der Waals surface area contributed by atoms with Gasteiger partial charge in [0.25, 0.3) is 0 Å². The van der Waals surface area contributed by atoms with Gasteiger partial charge >= 0.3 is 0 Å². The topological polar surface area (TPSA) is 61.2 Å². The van der Waals surface area contributed by atoms with Crippen molar-refractivity contribution in [2.75, 3.05) is 18.9 Å². The first-order valence-corrected chi connectivity index (χ1v) is 7.52. The number of sulfonamides is 1. The van der Waals surface area contributed by atoms with E-state index in [4.69, 9.17) is 5.26 Å². The highest BCUT2D eigenvalue weighted by Gasteiger charge is 2.20. The summed E-state index contributed by atoms with van der Waals surface area (Å²) in [5.41, 5.74) is 1.16. The predicted octanol–water partition coefficient (Wildman–Crippen LogP) is 1.88. The molecule has 0 fully saturated rings. The molecule has 0 aliphatic rings. The van der Waals surface area contributed by atoms with Gasteiger partial charge in [0.1, 0.15) is 0 Å². The highest BCUT2D eigenvalue weighted by Crippen LogP contribution is 2.18. The second-order valence-corrected chi connectivity index (χ2v) is 6.44. The maximum Gasteiger partial charge on any atom is 0.242 e. The van der Waals surface area contributed by atoms with E-state index < -0.39 is 10.0 Å². The monoisotopic (exact) mass is 316 g/mol. The molecule has 0 saturated heterocycles. The van der Waals surface area contributed by atoms with Crippen molar-refractivity contribution in [1.82, 2.24) is 4.31 Å². The molecule has 0 aliphatic heterocycles. The maximum absolute atomic E-state index is 12.1. The van der Waals surface area contributed by atoms with E-state index in [2.05, 4.69) is 15.9 Å². The van der Waals surface area contributed by atoms with Crippen molar-refractivity contribution in [3.05, 3.63) is 29.3 Å². The Morgan fingerprint density at radius 3 is 2.59 bits per heavy atom. The SMILES string of the molecule is Cc1cc(S(=O)(=O)N(C)CCBr)ccc1C#N. The second kappa shape index (κ2) is 5.63. The van der Waals surface area contributed by atoms with Crippen molar-refractivity contribution in [2.24, 2.45) is 0 Å². The van der Waals surface area contributed by atoms with Crippen molar-refractivity contribution >= 4 is 26.0 Å². The molecule has 4 nitrogen and oxygen atoms in total. The zero-order valence-electron chi connectivity index (χ0n) is 9.64. The summed E-state index contributed by atoms with van der Waals surface area (Å²) in [5.74, 6) is 0. The number of alkyl halides is 1. The molecule has 17 heavy (non-hydrogen) atoms. The number of nitrogens with zero attached hydrogens (tertiary/aromatic N) is 2. The van der Waals surface area contributed by atoms with Crippen LogP contribution in [-0.4, -0.2) is 31.6 Å². The fourth-order valence-corrected chi connectivity index (χ4v) is 3.37. The Balaban J connectivity index is 3.18. The van der Waals surface area contributed by atoms with Gasteiger partial charge in [-0.2, -0.15) is 5.26 Å². The Bertz CT molecular complexity index is 549. The van der Waals surface area contributed by atoms with Crippen LogP contribution in [0.25, 0.3) is 0 Å². The lowest BCUT2D eigenvalue weighted by atomic mass is 10.1. The van der Waals surface area contributed by atoms with Crippen LogP contribution < -0.4 is 0 Å². The minimum absolute atomic E-state index is 0.220. The van der Waals surface area contributed by atoms with Crippen LogP contribution >= 0.6 is 15.9 Å². The quantitative estimate of drug-likeness (QED) is 0.797. The first-order chi connectivity index (χ1) is 7.93. The van der Waals surface area contributed by atoms with Gasteiger partial charge in [-0.3, -0.25) is 0 Å². The van der Waals surface area contributed by atoms with E-state index in [0.29, 0.717) is 23.0 Å². The van der Waals surface area contributed by atoms with Crippen molar-refractivity contribution in [3.63, 3.8) is 0 Å². The van der Waals surface area contributed by atoms with Crippen LogP contribution in [-0.2, 0) is 10.0 Å². The van der Waals surface area contributed by atoms with Crippen molar-refractivity contribution in [3.8, 4) is 6.07 Å². The molecule has 0 atom stereocenters. The number of rotatable bonds is 4. The van der Waals surface area contributed by atoms with Gasteiger partial charge in [0.15, 0.2) is 0 Å².